The van der Waals surface area contributed by atoms with Crippen molar-refractivity contribution in [2.75, 3.05) is 22.1 Å². The first-order valence-electron chi connectivity index (χ1n) is 9.88. The van der Waals surface area contributed by atoms with Crippen molar-refractivity contribution in [3.8, 4) is 0 Å². The molecule has 0 fully saturated rings. The molecule has 9 heteroatoms. The van der Waals surface area contributed by atoms with E-state index in [0.717, 1.165) is 20.4 Å². The number of thiazole rings is 2. The van der Waals surface area contributed by atoms with Crippen molar-refractivity contribution in [3.63, 3.8) is 0 Å². The van der Waals surface area contributed by atoms with Crippen molar-refractivity contribution in [2.24, 2.45) is 0 Å². The predicted molar refractivity (Wildman–Crippen MR) is 133 cm³/mol. The van der Waals surface area contributed by atoms with Crippen LogP contribution in [0.1, 0.15) is 24.0 Å². The molecule has 2 amide bonds. The fourth-order valence-electron chi connectivity index (χ4n) is 2.97. The molecule has 160 valence electrons. The quantitative estimate of drug-likeness (QED) is 0.327. The van der Waals surface area contributed by atoms with E-state index in [4.69, 9.17) is 0 Å². The number of carbonyl (C=O) groups excluding carboxylic acids is 2. The van der Waals surface area contributed by atoms with Gasteiger partial charge in [-0.2, -0.15) is 11.8 Å². The van der Waals surface area contributed by atoms with Crippen molar-refractivity contribution in [1.29, 1.82) is 0 Å². The third-order valence-electron chi connectivity index (χ3n) is 4.53. The van der Waals surface area contributed by atoms with E-state index in [1.54, 1.807) is 11.8 Å². The maximum absolute atomic E-state index is 12.2. The Morgan fingerprint density at radius 2 is 1.26 bits per heavy atom. The number of carbonyl (C=O) groups is 2. The van der Waals surface area contributed by atoms with Gasteiger partial charge >= 0.3 is 0 Å². The van der Waals surface area contributed by atoms with Crippen LogP contribution in [0.2, 0.25) is 0 Å². The molecule has 31 heavy (non-hydrogen) atoms. The maximum Gasteiger partial charge on any atom is 0.226 e. The molecule has 0 unspecified atom stereocenters. The Morgan fingerprint density at radius 3 is 1.71 bits per heavy atom. The SMILES string of the molecule is Cc1ccc2nc(NC(=O)CCSCCC(=O)Nc3nc4ccc(C)cc4s3)sc2c1. The number of hydrogen-bond donors (Lipinski definition) is 2. The average molecular weight is 471 g/mol. The number of hydrogen-bond acceptors (Lipinski definition) is 7. The second-order valence-corrected chi connectivity index (χ2v) is 10.5. The van der Waals surface area contributed by atoms with Crippen LogP contribution in [-0.4, -0.2) is 33.3 Å². The summed E-state index contributed by atoms with van der Waals surface area (Å²) < 4.78 is 2.14. The van der Waals surface area contributed by atoms with Crippen molar-refractivity contribution in [3.05, 3.63) is 47.5 Å². The molecule has 0 bridgehead atoms. The summed E-state index contributed by atoms with van der Waals surface area (Å²) in [6.45, 7) is 4.07. The number of amides is 2. The summed E-state index contributed by atoms with van der Waals surface area (Å²) in [5.74, 6) is 1.20. The van der Waals surface area contributed by atoms with E-state index in [1.165, 1.54) is 33.8 Å². The second-order valence-electron chi connectivity index (χ2n) is 7.19. The standard InChI is InChI=1S/C22H22N4O2S3/c1-13-3-5-15-17(11-13)30-21(23-15)25-19(27)7-9-29-10-8-20(28)26-22-24-16-6-4-14(2)12-18(16)31-22/h3-6,11-12H,7-10H2,1-2H3,(H,23,25,27)(H,24,26,28). The van der Waals surface area contributed by atoms with Crippen LogP contribution in [0.4, 0.5) is 10.3 Å². The molecule has 2 heterocycles. The van der Waals surface area contributed by atoms with Crippen LogP contribution in [-0.2, 0) is 9.59 Å². The van der Waals surface area contributed by atoms with Crippen LogP contribution in [0.15, 0.2) is 36.4 Å². The molecule has 4 rings (SSSR count). The zero-order valence-corrected chi connectivity index (χ0v) is 19.7. The van der Waals surface area contributed by atoms with Gasteiger partial charge in [-0.1, -0.05) is 34.8 Å². The molecule has 0 aliphatic rings. The molecule has 4 aromatic rings. The van der Waals surface area contributed by atoms with Gasteiger partial charge in [-0.25, -0.2) is 9.97 Å². The van der Waals surface area contributed by atoms with Crippen molar-refractivity contribution >= 4 is 76.9 Å². The number of thioether (sulfide) groups is 1. The van der Waals surface area contributed by atoms with Crippen molar-refractivity contribution < 1.29 is 9.59 Å². The van der Waals surface area contributed by atoms with Gasteiger partial charge in [-0.15, -0.1) is 0 Å². The minimum Gasteiger partial charge on any atom is -0.302 e. The van der Waals surface area contributed by atoms with E-state index >= 15 is 0 Å². The Hall–Kier alpha value is -2.49. The van der Waals surface area contributed by atoms with E-state index in [-0.39, 0.29) is 11.8 Å². The minimum absolute atomic E-state index is 0.0579. The Morgan fingerprint density at radius 1 is 0.806 bits per heavy atom. The third-order valence-corrected chi connectivity index (χ3v) is 7.38. The highest BCUT2D eigenvalue weighted by atomic mass is 32.2. The van der Waals surface area contributed by atoms with Crippen LogP contribution in [0, 0.1) is 13.8 Å². The van der Waals surface area contributed by atoms with Crippen molar-refractivity contribution in [1.82, 2.24) is 9.97 Å². The highest BCUT2D eigenvalue weighted by Gasteiger charge is 2.10. The molecule has 6 nitrogen and oxygen atoms in total. The summed E-state index contributed by atoms with van der Waals surface area (Å²) in [6, 6.07) is 12.1. The monoisotopic (exact) mass is 470 g/mol. The van der Waals surface area contributed by atoms with E-state index in [0.29, 0.717) is 34.6 Å². The number of nitrogens with zero attached hydrogens (tertiary/aromatic N) is 2. The fourth-order valence-corrected chi connectivity index (χ4v) is 5.79. The fraction of sp³-hybridized carbons (Fsp3) is 0.273. The van der Waals surface area contributed by atoms with Gasteiger partial charge in [-0.05, 0) is 49.2 Å². The number of aryl methyl sites for hydroxylation is 2. The zero-order chi connectivity index (χ0) is 21.8. The first-order chi connectivity index (χ1) is 15.0. The molecule has 2 aromatic heterocycles. The molecule has 0 radical (unpaired) electrons. The Balaban J connectivity index is 1.16. The summed E-state index contributed by atoms with van der Waals surface area (Å²) in [6.07, 6.45) is 0.775. The smallest absolute Gasteiger partial charge is 0.226 e. The van der Waals surface area contributed by atoms with Gasteiger partial charge in [0.15, 0.2) is 10.3 Å². The maximum atomic E-state index is 12.2. The molecule has 2 aromatic carbocycles. The number of fused-ring (bicyclic) bond motifs is 2. The highest BCUT2D eigenvalue weighted by molar-refractivity contribution is 7.99. The van der Waals surface area contributed by atoms with Crippen LogP contribution >= 0.6 is 34.4 Å². The second kappa shape index (κ2) is 9.76. The van der Waals surface area contributed by atoms with Gasteiger partial charge in [0.25, 0.3) is 0 Å². The van der Waals surface area contributed by atoms with Gasteiger partial charge in [0.05, 0.1) is 20.4 Å². The molecule has 0 saturated heterocycles. The Labute approximate surface area is 192 Å². The van der Waals surface area contributed by atoms with Gasteiger partial charge in [-0.3, -0.25) is 9.59 Å². The minimum atomic E-state index is -0.0579. The van der Waals surface area contributed by atoms with Crippen LogP contribution in [0.5, 0.6) is 0 Å². The lowest BCUT2D eigenvalue weighted by Gasteiger charge is -2.03. The summed E-state index contributed by atoms with van der Waals surface area (Å²) in [5, 5.41) is 6.99. The number of benzene rings is 2. The molecule has 0 spiro atoms. The van der Waals surface area contributed by atoms with E-state index in [1.807, 2.05) is 38.1 Å². The van der Waals surface area contributed by atoms with Crippen molar-refractivity contribution in [2.45, 2.75) is 26.7 Å². The van der Waals surface area contributed by atoms with Crippen LogP contribution in [0.3, 0.4) is 0 Å². The van der Waals surface area contributed by atoms with Gasteiger partial charge in [0.1, 0.15) is 0 Å². The lowest BCUT2D eigenvalue weighted by molar-refractivity contribution is -0.116. The lowest BCUT2D eigenvalue weighted by Crippen LogP contribution is -2.13. The first-order valence-corrected chi connectivity index (χ1v) is 12.7. The average Bonchev–Trinajstić information content (AvgIpc) is 3.29. The molecule has 0 aliphatic heterocycles. The van der Waals surface area contributed by atoms with E-state index < -0.39 is 0 Å². The van der Waals surface area contributed by atoms with E-state index in [9.17, 15) is 9.59 Å². The van der Waals surface area contributed by atoms with Gasteiger partial charge in [0.2, 0.25) is 11.8 Å². The summed E-state index contributed by atoms with van der Waals surface area (Å²) >= 11 is 4.55. The normalized spacial score (nSPS) is 11.2. The Bertz CT molecular complexity index is 1150. The molecule has 0 aliphatic carbocycles. The molecule has 2 N–H and O–H groups in total. The zero-order valence-electron chi connectivity index (χ0n) is 17.2. The van der Waals surface area contributed by atoms with Gasteiger partial charge < -0.3 is 10.6 Å². The predicted octanol–water partition coefficient (Wildman–Crippen LogP) is 5.61. The summed E-state index contributed by atoms with van der Waals surface area (Å²) in [7, 11) is 0. The van der Waals surface area contributed by atoms with Crippen LogP contribution < -0.4 is 10.6 Å². The number of rotatable bonds is 8. The number of aromatic nitrogens is 2. The third kappa shape index (κ3) is 5.81. The Kier molecular flexibility index (Phi) is 6.84. The van der Waals surface area contributed by atoms with Crippen LogP contribution in [0.25, 0.3) is 20.4 Å². The largest absolute Gasteiger partial charge is 0.302 e. The molecule has 0 atom stereocenters. The van der Waals surface area contributed by atoms with Gasteiger partial charge in [0, 0.05) is 24.3 Å². The lowest BCUT2D eigenvalue weighted by atomic mass is 10.2. The highest BCUT2D eigenvalue weighted by Crippen LogP contribution is 2.28. The topological polar surface area (TPSA) is 84.0 Å². The molecule has 0 saturated carbocycles. The number of nitrogens with one attached hydrogen (secondary N) is 2. The molecular formula is C22H22N4O2S3. The first kappa shape index (κ1) is 21.7. The van der Waals surface area contributed by atoms with E-state index in [2.05, 4.69) is 32.7 Å². The summed E-state index contributed by atoms with van der Waals surface area (Å²) in [4.78, 5) is 33.2. The molecular weight excluding hydrogens is 448 g/mol. The number of anilines is 2. The summed E-state index contributed by atoms with van der Waals surface area (Å²) in [5.41, 5.74) is 4.14.